The molecular formula is C22H30N2O. The number of piperidine rings is 1. The molecule has 1 N–H and O–H groups in total. The molecule has 3 unspecified atom stereocenters. The molecule has 1 amide bonds. The minimum atomic E-state index is 0.256. The van der Waals surface area contributed by atoms with Crippen LogP contribution in [0.4, 0.5) is 0 Å². The number of hydrogen-bond donors (Lipinski definition) is 1. The van der Waals surface area contributed by atoms with Gasteiger partial charge in [0.2, 0.25) is 5.91 Å². The summed E-state index contributed by atoms with van der Waals surface area (Å²) in [5, 5.41) is 1.30. The van der Waals surface area contributed by atoms with Crippen LogP contribution in [-0.2, 0) is 4.79 Å². The van der Waals surface area contributed by atoms with E-state index in [0.717, 1.165) is 12.5 Å². The van der Waals surface area contributed by atoms with E-state index in [4.69, 9.17) is 0 Å². The normalized spacial score (nSPS) is 25.0. The molecule has 3 heteroatoms. The van der Waals surface area contributed by atoms with Gasteiger partial charge in [-0.05, 0) is 61.6 Å². The maximum absolute atomic E-state index is 13.1. The Labute approximate surface area is 150 Å². The molecule has 1 aromatic heterocycles. The van der Waals surface area contributed by atoms with Gasteiger partial charge in [-0.1, -0.05) is 31.9 Å². The first-order chi connectivity index (χ1) is 12.1. The number of likely N-dealkylation sites (tertiary alicyclic amines) is 1. The van der Waals surface area contributed by atoms with Crippen molar-refractivity contribution in [3.63, 3.8) is 0 Å². The van der Waals surface area contributed by atoms with Crippen molar-refractivity contribution >= 4 is 16.8 Å². The van der Waals surface area contributed by atoms with Crippen molar-refractivity contribution in [3.8, 4) is 0 Å². The van der Waals surface area contributed by atoms with Crippen LogP contribution in [0, 0.1) is 12.8 Å². The van der Waals surface area contributed by atoms with Crippen molar-refractivity contribution in [1.29, 1.82) is 0 Å². The van der Waals surface area contributed by atoms with Gasteiger partial charge >= 0.3 is 0 Å². The molecule has 2 fully saturated rings. The Balaban J connectivity index is 1.51. The third-order valence-electron chi connectivity index (χ3n) is 6.52. The lowest BCUT2D eigenvalue weighted by molar-refractivity contribution is -0.137. The van der Waals surface area contributed by atoms with Gasteiger partial charge in [0.25, 0.3) is 0 Å². The summed E-state index contributed by atoms with van der Waals surface area (Å²) in [4.78, 5) is 18.7. The minimum absolute atomic E-state index is 0.256. The minimum Gasteiger partial charge on any atom is -0.361 e. The average molecular weight is 338 g/mol. The molecule has 1 saturated carbocycles. The number of carbonyl (C=O) groups excluding carboxylic acids is 1. The van der Waals surface area contributed by atoms with Crippen molar-refractivity contribution in [2.24, 2.45) is 5.92 Å². The highest BCUT2D eigenvalue weighted by molar-refractivity contribution is 5.88. The van der Waals surface area contributed by atoms with E-state index in [1.807, 2.05) is 0 Å². The summed E-state index contributed by atoms with van der Waals surface area (Å²) in [7, 11) is 0. The molecule has 3 atom stereocenters. The van der Waals surface area contributed by atoms with E-state index in [-0.39, 0.29) is 5.92 Å². The van der Waals surface area contributed by atoms with Gasteiger partial charge in [0.15, 0.2) is 0 Å². The number of nitrogens with zero attached hydrogens (tertiary/aromatic N) is 1. The Hall–Kier alpha value is -1.77. The Kier molecular flexibility index (Phi) is 4.58. The maximum Gasteiger partial charge on any atom is 0.223 e. The summed E-state index contributed by atoms with van der Waals surface area (Å²) in [5.41, 5.74) is 3.76. The lowest BCUT2D eigenvalue weighted by Gasteiger charge is -2.44. The largest absolute Gasteiger partial charge is 0.361 e. The van der Waals surface area contributed by atoms with E-state index >= 15 is 0 Å². The summed E-state index contributed by atoms with van der Waals surface area (Å²) in [5.74, 6) is 1.38. The monoisotopic (exact) mass is 338 g/mol. The Morgan fingerprint density at radius 3 is 2.92 bits per heavy atom. The van der Waals surface area contributed by atoms with Gasteiger partial charge in [-0.2, -0.15) is 0 Å². The van der Waals surface area contributed by atoms with Crippen molar-refractivity contribution in [2.75, 3.05) is 6.54 Å². The number of nitrogens with one attached hydrogen (secondary N) is 1. The number of H-pyrrole nitrogens is 1. The van der Waals surface area contributed by atoms with Crippen LogP contribution < -0.4 is 0 Å². The number of fused-ring (bicyclic) bond motifs is 2. The molecule has 0 spiro atoms. The number of benzene rings is 1. The number of aryl methyl sites for hydroxylation is 1. The number of hydrogen-bond acceptors (Lipinski definition) is 1. The summed E-state index contributed by atoms with van der Waals surface area (Å²) in [6, 6.07) is 6.89. The van der Waals surface area contributed by atoms with Gasteiger partial charge in [-0.15, -0.1) is 0 Å². The lowest BCUT2D eigenvalue weighted by atomic mass is 9.78. The smallest absolute Gasteiger partial charge is 0.223 e. The second kappa shape index (κ2) is 6.86. The zero-order valence-electron chi connectivity index (χ0n) is 15.6. The molecule has 3 nitrogen and oxygen atoms in total. The molecule has 2 aliphatic rings. The first kappa shape index (κ1) is 16.7. The predicted molar refractivity (Wildman–Crippen MR) is 103 cm³/mol. The number of aromatic nitrogens is 1. The van der Waals surface area contributed by atoms with Crippen LogP contribution in [0.5, 0.6) is 0 Å². The van der Waals surface area contributed by atoms with Crippen LogP contribution >= 0.6 is 0 Å². The summed E-state index contributed by atoms with van der Waals surface area (Å²) < 4.78 is 0. The van der Waals surface area contributed by atoms with E-state index in [9.17, 15) is 4.79 Å². The lowest BCUT2D eigenvalue weighted by Crippen LogP contribution is -2.49. The van der Waals surface area contributed by atoms with Crippen LogP contribution in [0.3, 0.4) is 0 Å². The third kappa shape index (κ3) is 3.09. The zero-order valence-corrected chi connectivity index (χ0v) is 15.6. The highest BCUT2D eigenvalue weighted by Gasteiger charge is 2.36. The highest BCUT2D eigenvalue weighted by atomic mass is 16.2. The van der Waals surface area contributed by atoms with Crippen LogP contribution in [0.1, 0.15) is 68.9 Å². The Morgan fingerprint density at radius 2 is 2.04 bits per heavy atom. The average Bonchev–Trinajstić information content (AvgIpc) is 3.07. The fraction of sp³-hybridized carbons (Fsp3) is 0.591. The van der Waals surface area contributed by atoms with Crippen LogP contribution in [0.25, 0.3) is 10.9 Å². The van der Waals surface area contributed by atoms with Crippen molar-refractivity contribution < 1.29 is 4.79 Å². The molecule has 2 heterocycles. The van der Waals surface area contributed by atoms with Gasteiger partial charge in [-0.25, -0.2) is 0 Å². The van der Waals surface area contributed by atoms with Crippen LogP contribution in [0.2, 0.25) is 0 Å². The first-order valence-corrected chi connectivity index (χ1v) is 10.0. The quantitative estimate of drug-likeness (QED) is 0.825. The number of rotatable bonds is 3. The molecule has 1 saturated heterocycles. The highest BCUT2D eigenvalue weighted by Crippen LogP contribution is 2.37. The molecule has 0 bridgehead atoms. The number of amides is 1. The van der Waals surface area contributed by atoms with E-state index < -0.39 is 0 Å². The van der Waals surface area contributed by atoms with Crippen LogP contribution in [-0.4, -0.2) is 28.4 Å². The fourth-order valence-corrected chi connectivity index (χ4v) is 5.21. The van der Waals surface area contributed by atoms with E-state index in [2.05, 4.69) is 48.1 Å². The van der Waals surface area contributed by atoms with Gasteiger partial charge < -0.3 is 9.88 Å². The van der Waals surface area contributed by atoms with E-state index in [1.54, 1.807) is 0 Å². The second-order valence-electron chi connectivity index (χ2n) is 8.19. The topological polar surface area (TPSA) is 36.1 Å². The third-order valence-corrected chi connectivity index (χ3v) is 6.52. The summed E-state index contributed by atoms with van der Waals surface area (Å²) in [6.07, 6.45) is 10.4. The van der Waals surface area contributed by atoms with Gasteiger partial charge in [0, 0.05) is 36.1 Å². The van der Waals surface area contributed by atoms with Crippen molar-refractivity contribution in [3.05, 3.63) is 35.5 Å². The maximum atomic E-state index is 13.1. The zero-order chi connectivity index (χ0) is 17.4. The molecular weight excluding hydrogens is 308 g/mol. The van der Waals surface area contributed by atoms with Gasteiger partial charge in [0.05, 0.1) is 0 Å². The molecule has 4 rings (SSSR count). The molecule has 1 aromatic carbocycles. The Bertz CT molecular complexity index is 760. The molecule has 134 valence electrons. The Morgan fingerprint density at radius 1 is 1.24 bits per heavy atom. The second-order valence-corrected chi connectivity index (χ2v) is 8.19. The SMILES string of the molecule is Cc1cccc2[nH]cc(C(C)CC(=O)N3CCCC4CCCCC43)c12. The first-order valence-electron chi connectivity index (χ1n) is 10.0. The standard InChI is InChI=1S/C22H30N2O/c1-15-7-5-10-19-22(15)18(14-23-19)16(2)13-21(25)24-12-6-9-17-8-3-4-11-20(17)24/h5,7,10,14,16-17,20,23H,3-4,6,8-9,11-13H2,1-2H3. The fourth-order valence-electron chi connectivity index (χ4n) is 5.21. The molecule has 1 aliphatic carbocycles. The van der Waals surface area contributed by atoms with Crippen molar-refractivity contribution in [1.82, 2.24) is 9.88 Å². The van der Waals surface area contributed by atoms with Crippen molar-refractivity contribution in [2.45, 2.75) is 70.8 Å². The summed E-state index contributed by atoms with van der Waals surface area (Å²) in [6.45, 7) is 5.33. The van der Waals surface area contributed by atoms with Crippen LogP contribution in [0.15, 0.2) is 24.4 Å². The van der Waals surface area contributed by atoms with Gasteiger partial charge in [-0.3, -0.25) is 4.79 Å². The number of carbonyl (C=O) groups is 1. The molecule has 1 aliphatic heterocycles. The van der Waals surface area contributed by atoms with E-state index in [1.165, 1.54) is 60.6 Å². The summed E-state index contributed by atoms with van der Waals surface area (Å²) >= 11 is 0. The number of aromatic amines is 1. The molecule has 0 radical (unpaired) electrons. The molecule has 25 heavy (non-hydrogen) atoms. The molecule has 2 aromatic rings. The van der Waals surface area contributed by atoms with E-state index in [0.29, 0.717) is 18.4 Å². The van der Waals surface area contributed by atoms with Gasteiger partial charge in [0.1, 0.15) is 0 Å². The predicted octanol–water partition coefficient (Wildman–Crippen LogP) is 5.15.